The van der Waals surface area contributed by atoms with Crippen LogP contribution in [0.2, 0.25) is 5.02 Å². The molecule has 0 aliphatic rings. The summed E-state index contributed by atoms with van der Waals surface area (Å²) >= 11 is 6.11. The van der Waals surface area contributed by atoms with Crippen molar-refractivity contribution in [2.45, 2.75) is 19.9 Å². The normalized spacial score (nSPS) is 10.7. The van der Waals surface area contributed by atoms with Crippen LogP contribution >= 0.6 is 11.6 Å². The molecule has 0 radical (unpaired) electrons. The van der Waals surface area contributed by atoms with E-state index in [4.69, 9.17) is 11.6 Å². The fraction of sp³-hybridized carbons (Fsp3) is 0.333. The Bertz CT molecular complexity index is 467. The lowest BCUT2D eigenvalue weighted by Gasteiger charge is -2.08. The van der Waals surface area contributed by atoms with Gasteiger partial charge in [0.05, 0.1) is 10.7 Å². The highest BCUT2D eigenvalue weighted by atomic mass is 35.5. The quantitative estimate of drug-likeness (QED) is 0.829. The average Bonchev–Trinajstić information content (AvgIpc) is 2.85. The molecule has 0 aromatic carbocycles. The summed E-state index contributed by atoms with van der Waals surface area (Å²) in [6.45, 7) is 3.78. The number of pyridine rings is 1. The summed E-state index contributed by atoms with van der Waals surface area (Å²) in [6, 6.07) is 3.75. The Morgan fingerprint density at radius 1 is 1.41 bits per heavy atom. The molecule has 2 aromatic heterocycles. The first-order chi connectivity index (χ1) is 8.31. The molecule has 90 valence electrons. The first kappa shape index (κ1) is 12.1. The molecule has 0 fully saturated rings. The number of rotatable bonds is 5. The fourth-order valence-corrected chi connectivity index (χ4v) is 1.69. The van der Waals surface area contributed by atoms with Crippen LogP contribution in [0.15, 0.2) is 30.9 Å². The molecule has 0 bridgehead atoms. The Hall–Kier alpha value is -1.39. The van der Waals surface area contributed by atoms with E-state index < -0.39 is 0 Å². The van der Waals surface area contributed by atoms with Crippen molar-refractivity contribution in [1.29, 1.82) is 0 Å². The Balaban J connectivity index is 2.18. The maximum absolute atomic E-state index is 6.11. The van der Waals surface area contributed by atoms with Gasteiger partial charge in [0, 0.05) is 18.9 Å². The van der Waals surface area contributed by atoms with Crippen molar-refractivity contribution in [1.82, 2.24) is 19.9 Å². The SMILES string of the molecule is CCCNCc1nc(-n2ccnc2)ccc1Cl. The van der Waals surface area contributed by atoms with Gasteiger partial charge in [-0.2, -0.15) is 0 Å². The Labute approximate surface area is 106 Å². The third kappa shape index (κ3) is 3.05. The molecule has 0 aliphatic heterocycles. The highest BCUT2D eigenvalue weighted by molar-refractivity contribution is 6.31. The molecule has 5 heteroatoms. The van der Waals surface area contributed by atoms with Crippen molar-refractivity contribution in [3.63, 3.8) is 0 Å². The zero-order chi connectivity index (χ0) is 12.1. The lowest BCUT2D eigenvalue weighted by molar-refractivity contribution is 0.663. The van der Waals surface area contributed by atoms with Gasteiger partial charge < -0.3 is 5.32 Å². The predicted octanol–water partition coefficient (Wildman–Crippen LogP) is 2.42. The van der Waals surface area contributed by atoms with E-state index in [1.165, 1.54) is 0 Å². The van der Waals surface area contributed by atoms with Crippen LogP contribution in [0.1, 0.15) is 19.0 Å². The van der Waals surface area contributed by atoms with Gasteiger partial charge in [-0.1, -0.05) is 18.5 Å². The molecular weight excluding hydrogens is 236 g/mol. The minimum Gasteiger partial charge on any atom is -0.311 e. The van der Waals surface area contributed by atoms with Gasteiger partial charge in [-0.05, 0) is 25.1 Å². The van der Waals surface area contributed by atoms with E-state index in [9.17, 15) is 0 Å². The molecule has 0 amide bonds. The predicted molar refractivity (Wildman–Crippen MR) is 68.4 cm³/mol. The van der Waals surface area contributed by atoms with Gasteiger partial charge in [-0.25, -0.2) is 9.97 Å². The molecule has 17 heavy (non-hydrogen) atoms. The van der Waals surface area contributed by atoms with E-state index in [0.29, 0.717) is 11.6 Å². The summed E-state index contributed by atoms with van der Waals surface area (Å²) < 4.78 is 1.86. The molecule has 2 aromatic rings. The highest BCUT2D eigenvalue weighted by Gasteiger charge is 2.04. The number of hydrogen-bond acceptors (Lipinski definition) is 3. The Kier molecular flexibility index (Phi) is 4.12. The van der Waals surface area contributed by atoms with E-state index in [-0.39, 0.29) is 0 Å². The third-order valence-electron chi connectivity index (χ3n) is 2.39. The second-order valence-corrected chi connectivity index (χ2v) is 4.15. The molecule has 0 atom stereocenters. The summed E-state index contributed by atoms with van der Waals surface area (Å²) in [5, 5.41) is 3.98. The minimum absolute atomic E-state index is 0.690. The molecular formula is C12H15ClN4. The molecule has 4 nitrogen and oxygen atoms in total. The van der Waals surface area contributed by atoms with Crippen molar-refractivity contribution in [2.75, 3.05) is 6.54 Å². The van der Waals surface area contributed by atoms with Crippen molar-refractivity contribution >= 4 is 11.6 Å². The van der Waals surface area contributed by atoms with Crippen LogP contribution in [-0.4, -0.2) is 21.1 Å². The molecule has 0 spiro atoms. The molecule has 0 unspecified atom stereocenters. The summed E-state index contributed by atoms with van der Waals surface area (Å²) in [6.07, 6.45) is 6.41. The van der Waals surface area contributed by atoms with Crippen LogP contribution in [-0.2, 0) is 6.54 Å². The largest absolute Gasteiger partial charge is 0.311 e. The lowest BCUT2D eigenvalue weighted by Crippen LogP contribution is -2.15. The summed E-state index contributed by atoms with van der Waals surface area (Å²) in [5.41, 5.74) is 0.867. The van der Waals surface area contributed by atoms with Crippen LogP contribution < -0.4 is 5.32 Å². The van der Waals surface area contributed by atoms with Crippen LogP contribution in [0, 0.1) is 0 Å². The standard InChI is InChI=1S/C12H15ClN4/c1-2-5-14-8-11-10(13)3-4-12(16-11)17-7-6-15-9-17/h3-4,6-7,9,14H,2,5,8H2,1H3. The maximum Gasteiger partial charge on any atom is 0.138 e. The Morgan fingerprint density at radius 2 is 2.29 bits per heavy atom. The topological polar surface area (TPSA) is 42.7 Å². The van der Waals surface area contributed by atoms with Gasteiger partial charge in [0.1, 0.15) is 12.1 Å². The Morgan fingerprint density at radius 3 is 3.00 bits per heavy atom. The van der Waals surface area contributed by atoms with E-state index >= 15 is 0 Å². The van der Waals surface area contributed by atoms with Crippen LogP contribution in [0.5, 0.6) is 0 Å². The zero-order valence-electron chi connectivity index (χ0n) is 9.73. The third-order valence-corrected chi connectivity index (χ3v) is 2.74. The number of halogens is 1. The smallest absolute Gasteiger partial charge is 0.138 e. The summed E-state index contributed by atoms with van der Waals surface area (Å²) in [4.78, 5) is 8.52. The number of nitrogens with one attached hydrogen (secondary N) is 1. The summed E-state index contributed by atoms with van der Waals surface area (Å²) in [5.74, 6) is 0.834. The average molecular weight is 251 g/mol. The highest BCUT2D eigenvalue weighted by Crippen LogP contribution is 2.16. The minimum atomic E-state index is 0.690. The molecule has 2 heterocycles. The van der Waals surface area contributed by atoms with E-state index in [1.54, 1.807) is 12.5 Å². The zero-order valence-corrected chi connectivity index (χ0v) is 10.5. The molecule has 2 rings (SSSR count). The number of nitrogens with zero attached hydrogens (tertiary/aromatic N) is 3. The maximum atomic E-state index is 6.11. The van der Waals surface area contributed by atoms with Crippen LogP contribution in [0.3, 0.4) is 0 Å². The van der Waals surface area contributed by atoms with Gasteiger partial charge >= 0.3 is 0 Å². The van der Waals surface area contributed by atoms with Crippen LogP contribution in [0.4, 0.5) is 0 Å². The number of aromatic nitrogens is 3. The summed E-state index contributed by atoms with van der Waals surface area (Å²) in [7, 11) is 0. The van der Waals surface area contributed by atoms with Crippen molar-refractivity contribution in [3.8, 4) is 5.82 Å². The van der Waals surface area contributed by atoms with Crippen molar-refractivity contribution in [3.05, 3.63) is 41.6 Å². The van der Waals surface area contributed by atoms with Gasteiger partial charge in [0.2, 0.25) is 0 Å². The van der Waals surface area contributed by atoms with Gasteiger partial charge in [-0.3, -0.25) is 4.57 Å². The molecule has 1 N–H and O–H groups in total. The van der Waals surface area contributed by atoms with E-state index in [1.807, 2.05) is 22.9 Å². The molecule has 0 aliphatic carbocycles. The number of imidazole rings is 1. The lowest BCUT2D eigenvalue weighted by atomic mass is 10.3. The fourth-order valence-electron chi connectivity index (χ4n) is 1.52. The second-order valence-electron chi connectivity index (χ2n) is 3.74. The number of hydrogen-bond donors (Lipinski definition) is 1. The molecule has 0 saturated carbocycles. The van der Waals surface area contributed by atoms with Crippen molar-refractivity contribution < 1.29 is 0 Å². The van der Waals surface area contributed by atoms with Crippen molar-refractivity contribution in [2.24, 2.45) is 0 Å². The first-order valence-corrected chi connectivity index (χ1v) is 6.03. The van der Waals surface area contributed by atoms with E-state index in [0.717, 1.165) is 24.5 Å². The molecule has 0 saturated heterocycles. The first-order valence-electron chi connectivity index (χ1n) is 5.65. The van der Waals surface area contributed by atoms with Gasteiger partial charge in [-0.15, -0.1) is 0 Å². The monoisotopic (exact) mass is 250 g/mol. The second kappa shape index (κ2) is 5.80. The van der Waals surface area contributed by atoms with Gasteiger partial charge in [0.25, 0.3) is 0 Å². The van der Waals surface area contributed by atoms with Crippen LogP contribution in [0.25, 0.3) is 5.82 Å². The van der Waals surface area contributed by atoms with E-state index in [2.05, 4.69) is 22.2 Å². The van der Waals surface area contributed by atoms with Gasteiger partial charge in [0.15, 0.2) is 0 Å².